The summed E-state index contributed by atoms with van der Waals surface area (Å²) in [7, 11) is 0. The number of alkyl halides is 2. The number of aromatic nitrogens is 2. The largest absolute Gasteiger partial charge is 0.476 e. The first-order valence-corrected chi connectivity index (χ1v) is 8.40. The Morgan fingerprint density at radius 2 is 1.96 bits per heavy atom. The van der Waals surface area contributed by atoms with Gasteiger partial charge in [0.05, 0.1) is 25.0 Å². The molecule has 1 aromatic carbocycles. The normalized spacial score (nSPS) is 10.6. The number of benzene rings is 1. The number of halogens is 2. The highest BCUT2D eigenvalue weighted by atomic mass is 32.2. The van der Waals surface area contributed by atoms with Crippen LogP contribution in [0.2, 0.25) is 0 Å². The van der Waals surface area contributed by atoms with Crippen molar-refractivity contribution in [1.29, 1.82) is 0 Å². The SMILES string of the molecule is CCOc1ncc(NC(=O)c2ccccc2SC(F)F)c(OCC)n1. The first-order chi connectivity index (χ1) is 12.0. The van der Waals surface area contributed by atoms with Crippen molar-refractivity contribution in [2.45, 2.75) is 24.5 Å². The maximum absolute atomic E-state index is 12.6. The van der Waals surface area contributed by atoms with Crippen LogP contribution in [0.25, 0.3) is 0 Å². The summed E-state index contributed by atoms with van der Waals surface area (Å²) in [5.41, 5.74) is 0.358. The number of anilines is 1. The Bertz CT molecular complexity index is 732. The zero-order chi connectivity index (χ0) is 18.2. The summed E-state index contributed by atoms with van der Waals surface area (Å²) in [5.74, 6) is -3.03. The molecule has 0 saturated carbocycles. The average Bonchev–Trinajstić information content (AvgIpc) is 2.57. The van der Waals surface area contributed by atoms with Crippen molar-refractivity contribution >= 4 is 23.4 Å². The van der Waals surface area contributed by atoms with Crippen LogP contribution in [0.5, 0.6) is 11.9 Å². The molecule has 1 N–H and O–H groups in total. The fraction of sp³-hybridized carbons (Fsp3) is 0.312. The fourth-order valence-corrected chi connectivity index (χ4v) is 2.56. The highest BCUT2D eigenvalue weighted by molar-refractivity contribution is 7.99. The Balaban J connectivity index is 2.25. The van der Waals surface area contributed by atoms with Crippen molar-refractivity contribution in [2.24, 2.45) is 0 Å². The molecular weight excluding hydrogens is 352 g/mol. The van der Waals surface area contributed by atoms with Crippen molar-refractivity contribution < 1.29 is 23.0 Å². The van der Waals surface area contributed by atoms with Gasteiger partial charge in [0.2, 0.25) is 5.88 Å². The second-order valence-corrected chi connectivity index (χ2v) is 5.60. The highest BCUT2D eigenvalue weighted by Crippen LogP contribution is 2.30. The number of carbonyl (C=O) groups excluding carboxylic acids is 1. The molecule has 0 atom stereocenters. The molecule has 1 heterocycles. The molecule has 25 heavy (non-hydrogen) atoms. The van der Waals surface area contributed by atoms with Gasteiger partial charge >= 0.3 is 6.01 Å². The highest BCUT2D eigenvalue weighted by Gasteiger charge is 2.18. The van der Waals surface area contributed by atoms with Crippen LogP contribution in [-0.2, 0) is 0 Å². The predicted molar refractivity (Wildman–Crippen MR) is 90.6 cm³/mol. The Kier molecular flexibility index (Phi) is 6.93. The number of hydrogen-bond donors (Lipinski definition) is 1. The van der Waals surface area contributed by atoms with Gasteiger partial charge in [-0.1, -0.05) is 23.9 Å². The van der Waals surface area contributed by atoms with Crippen molar-refractivity contribution in [1.82, 2.24) is 9.97 Å². The lowest BCUT2D eigenvalue weighted by Crippen LogP contribution is -2.15. The monoisotopic (exact) mass is 369 g/mol. The minimum atomic E-state index is -2.62. The maximum atomic E-state index is 12.6. The van der Waals surface area contributed by atoms with Crippen molar-refractivity contribution in [3.05, 3.63) is 36.0 Å². The molecule has 1 aromatic heterocycles. The predicted octanol–water partition coefficient (Wildman–Crippen LogP) is 3.84. The number of ether oxygens (including phenoxy) is 2. The molecule has 2 rings (SSSR count). The molecule has 0 unspecified atom stereocenters. The van der Waals surface area contributed by atoms with Gasteiger partial charge in [-0.15, -0.1) is 0 Å². The first-order valence-electron chi connectivity index (χ1n) is 7.53. The number of hydrogen-bond acceptors (Lipinski definition) is 6. The van der Waals surface area contributed by atoms with Crippen LogP contribution >= 0.6 is 11.8 Å². The third kappa shape index (κ3) is 5.28. The van der Waals surface area contributed by atoms with E-state index in [1.54, 1.807) is 26.0 Å². The summed E-state index contributed by atoms with van der Waals surface area (Å²) in [6.45, 7) is 4.26. The zero-order valence-corrected chi connectivity index (χ0v) is 14.5. The van der Waals surface area contributed by atoms with E-state index in [0.717, 1.165) is 0 Å². The molecule has 1 amide bonds. The number of rotatable bonds is 8. The quantitative estimate of drug-likeness (QED) is 0.713. The van der Waals surface area contributed by atoms with Gasteiger partial charge in [0, 0.05) is 4.90 Å². The number of thioether (sulfide) groups is 1. The number of carbonyl (C=O) groups is 1. The van der Waals surface area contributed by atoms with Crippen molar-refractivity contribution in [3.8, 4) is 11.9 Å². The summed E-state index contributed by atoms with van der Waals surface area (Å²) >= 11 is 0.311. The van der Waals surface area contributed by atoms with Gasteiger partial charge in [-0.05, 0) is 26.0 Å². The Labute approximate surface area is 148 Å². The minimum Gasteiger partial charge on any atom is -0.476 e. The van der Waals surface area contributed by atoms with Crippen LogP contribution < -0.4 is 14.8 Å². The molecule has 2 aromatic rings. The Hall–Kier alpha value is -2.42. The van der Waals surface area contributed by atoms with E-state index < -0.39 is 11.7 Å². The summed E-state index contributed by atoms with van der Waals surface area (Å²) < 4.78 is 35.9. The molecule has 0 aliphatic heterocycles. The maximum Gasteiger partial charge on any atom is 0.319 e. The molecule has 0 spiro atoms. The molecular formula is C16H17F2N3O3S. The van der Waals surface area contributed by atoms with Crippen LogP contribution in [-0.4, -0.2) is 34.8 Å². The second kappa shape index (κ2) is 9.16. The molecule has 134 valence electrons. The van der Waals surface area contributed by atoms with E-state index in [1.165, 1.54) is 18.3 Å². The summed E-state index contributed by atoms with van der Waals surface area (Å²) in [5, 5.41) is 2.59. The first kappa shape index (κ1) is 18.9. The van der Waals surface area contributed by atoms with Gasteiger partial charge in [0.15, 0.2) is 0 Å². The molecule has 0 aliphatic rings. The van der Waals surface area contributed by atoms with E-state index in [2.05, 4.69) is 15.3 Å². The molecule has 0 bridgehead atoms. The average molecular weight is 369 g/mol. The molecule has 0 radical (unpaired) electrons. The van der Waals surface area contributed by atoms with Gasteiger partial charge in [0.25, 0.3) is 11.7 Å². The number of nitrogens with one attached hydrogen (secondary N) is 1. The summed E-state index contributed by atoms with van der Waals surface area (Å²) in [4.78, 5) is 20.7. The lowest BCUT2D eigenvalue weighted by atomic mass is 10.2. The minimum absolute atomic E-state index is 0.123. The Morgan fingerprint density at radius 3 is 2.64 bits per heavy atom. The van der Waals surface area contributed by atoms with E-state index in [-0.39, 0.29) is 28.0 Å². The second-order valence-electron chi connectivity index (χ2n) is 4.57. The van der Waals surface area contributed by atoms with E-state index in [9.17, 15) is 13.6 Å². The van der Waals surface area contributed by atoms with Gasteiger partial charge in [-0.2, -0.15) is 13.8 Å². The molecule has 0 fully saturated rings. The molecule has 0 saturated heterocycles. The fourth-order valence-electron chi connectivity index (χ4n) is 1.92. The number of nitrogens with zero attached hydrogens (tertiary/aromatic N) is 2. The standard InChI is InChI=1S/C16H17F2N3O3S/c1-3-23-14-11(9-19-16(21-14)24-4-2)20-13(22)10-7-5-6-8-12(10)25-15(17)18/h5-9,15H,3-4H2,1-2H3,(H,20,22). The molecule has 9 heteroatoms. The van der Waals surface area contributed by atoms with Crippen LogP contribution in [0, 0.1) is 0 Å². The third-order valence-corrected chi connectivity index (χ3v) is 3.67. The zero-order valence-electron chi connectivity index (χ0n) is 13.7. The van der Waals surface area contributed by atoms with Crippen LogP contribution in [0.4, 0.5) is 14.5 Å². The third-order valence-electron chi connectivity index (χ3n) is 2.88. The van der Waals surface area contributed by atoms with E-state index in [4.69, 9.17) is 9.47 Å². The Morgan fingerprint density at radius 1 is 1.24 bits per heavy atom. The lowest BCUT2D eigenvalue weighted by molar-refractivity contribution is 0.102. The van der Waals surface area contributed by atoms with Gasteiger partial charge in [0.1, 0.15) is 5.69 Å². The van der Waals surface area contributed by atoms with Gasteiger partial charge in [-0.3, -0.25) is 4.79 Å². The van der Waals surface area contributed by atoms with Crippen molar-refractivity contribution in [2.75, 3.05) is 18.5 Å². The summed E-state index contributed by atoms with van der Waals surface area (Å²) in [6.07, 6.45) is 1.35. The van der Waals surface area contributed by atoms with Crippen molar-refractivity contribution in [3.63, 3.8) is 0 Å². The van der Waals surface area contributed by atoms with E-state index in [0.29, 0.717) is 25.0 Å². The van der Waals surface area contributed by atoms with Crippen LogP contribution in [0.3, 0.4) is 0 Å². The van der Waals surface area contributed by atoms with Crippen LogP contribution in [0.15, 0.2) is 35.4 Å². The topological polar surface area (TPSA) is 73.3 Å². The molecule has 6 nitrogen and oxygen atoms in total. The van der Waals surface area contributed by atoms with Gasteiger partial charge < -0.3 is 14.8 Å². The molecule has 0 aliphatic carbocycles. The number of amides is 1. The summed E-state index contributed by atoms with van der Waals surface area (Å²) in [6, 6.07) is 6.24. The van der Waals surface area contributed by atoms with E-state index in [1.807, 2.05) is 0 Å². The van der Waals surface area contributed by atoms with Crippen LogP contribution in [0.1, 0.15) is 24.2 Å². The van der Waals surface area contributed by atoms with Gasteiger partial charge in [-0.25, -0.2) is 4.98 Å². The van der Waals surface area contributed by atoms with E-state index >= 15 is 0 Å². The lowest BCUT2D eigenvalue weighted by Gasteiger charge is -2.13. The smallest absolute Gasteiger partial charge is 0.319 e.